The summed E-state index contributed by atoms with van der Waals surface area (Å²) in [5.41, 5.74) is 5.01. The highest BCUT2D eigenvalue weighted by Gasteiger charge is 2.27. The van der Waals surface area contributed by atoms with E-state index < -0.39 is 0 Å². The van der Waals surface area contributed by atoms with Crippen molar-refractivity contribution in [3.05, 3.63) is 59.2 Å². The van der Waals surface area contributed by atoms with Crippen LogP contribution in [-0.4, -0.2) is 74.8 Å². The Hall–Kier alpha value is -3.13. The van der Waals surface area contributed by atoms with Crippen molar-refractivity contribution in [2.45, 2.75) is 18.8 Å². The molecule has 1 saturated heterocycles. The van der Waals surface area contributed by atoms with Gasteiger partial charge in [-0.05, 0) is 62.3 Å². The third-order valence-electron chi connectivity index (χ3n) is 7.10. The fourth-order valence-corrected chi connectivity index (χ4v) is 5.08. The van der Waals surface area contributed by atoms with Gasteiger partial charge >= 0.3 is 0 Å². The Morgan fingerprint density at radius 2 is 1.78 bits per heavy atom. The van der Waals surface area contributed by atoms with Crippen LogP contribution < -0.4 is 15.1 Å². The molecule has 8 heteroatoms. The van der Waals surface area contributed by atoms with Crippen LogP contribution in [0.5, 0.6) is 5.75 Å². The Balaban J connectivity index is 1.49. The van der Waals surface area contributed by atoms with Gasteiger partial charge < -0.3 is 25.1 Å². The van der Waals surface area contributed by atoms with Crippen molar-refractivity contribution >= 4 is 29.5 Å². The standard InChI is InChI=1S/C29H34ClN5O2/c1-33(2)14-15-35(19-36)27-9-8-21(16-25(27)30)23-4-3-5-24(29(23)37)22-17-26(20-6-7-20)32-28(18-22)34-12-10-31-11-13-34/h3-5,8-9,16-20,31,37H,6-7,10-15H2,1-2H3. The Morgan fingerprint density at radius 1 is 1.05 bits per heavy atom. The molecule has 0 unspecified atom stereocenters. The molecule has 7 nitrogen and oxygen atoms in total. The van der Waals surface area contributed by atoms with Gasteiger partial charge in [0.25, 0.3) is 0 Å². The Labute approximate surface area is 223 Å². The monoisotopic (exact) mass is 519 g/mol. The smallest absolute Gasteiger partial charge is 0.214 e. The number of rotatable bonds is 9. The van der Waals surface area contributed by atoms with Gasteiger partial charge in [-0.15, -0.1) is 0 Å². The molecule has 1 amide bonds. The summed E-state index contributed by atoms with van der Waals surface area (Å²) in [6.45, 7) is 4.99. The largest absolute Gasteiger partial charge is 0.507 e. The normalized spacial score (nSPS) is 15.7. The number of para-hydroxylation sites is 1. The number of nitrogens with one attached hydrogen (secondary N) is 1. The third-order valence-corrected chi connectivity index (χ3v) is 7.40. The van der Waals surface area contributed by atoms with E-state index in [1.54, 1.807) is 4.90 Å². The number of pyridine rings is 1. The van der Waals surface area contributed by atoms with E-state index >= 15 is 0 Å². The lowest BCUT2D eigenvalue weighted by atomic mass is 9.96. The summed E-state index contributed by atoms with van der Waals surface area (Å²) in [6.07, 6.45) is 3.14. The van der Waals surface area contributed by atoms with Crippen LogP contribution in [-0.2, 0) is 4.79 Å². The van der Waals surface area contributed by atoms with E-state index in [2.05, 4.69) is 22.3 Å². The first kappa shape index (κ1) is 25.5. The lowest BCUT2D eigenvalue weighted by Gasteiger charge is -2.29. The predicted octanol–water partition coefficient (Wildman–Crippen LogP) is 4.59. The number of halogens is 1. The Morgan fingerprint density at radius 3 is 2.43 bits per heavy atom. The zero-order valence-corrected chi connectivity index (χ0v) is 22.2. The van der Waals surface area contributed by atoms with Crippen molar-refractivity contribution in [3.8, 4) is 28.0 Å². The number of piperazine rings is 1. The van der Waals surface area contributed by atoms with E-state index in [1.165, 1.54) is 12.8 Å². The molecule has 1 aliphatic heterocycles. The van der Waals surface area contributed by atoms with E-state index in [9.17, 15) is 9.90 Å². The highest BCUT2D eigenvalue weighted by molar-refractivity contribution is 6.34. The maximum absolute atomic E-state index is 11.7. The van der Waals surface area contributed by atoms with Crippen molar-refractivity contribution in [3.63, 3.8) is 0 Å². The maximum atomic E-state index is 11.7. The Kier molecular flexibility index (Phi) is 7.65. The fourth-order valence-electron chi connectivity index (χ4n) is 4.79. The first-order valence-corrected chi connectivity index (χ1v) is 13.3. The molecule has 194 valence electrons. The minimum atomic E-state index is 0.213. The number of benzene rings is 2. The third kappa shape index (κ3) is 5.74. The predicted molar refractivity (Wildman–Crippen MR) is 151 cm³/mol. The van der Waals surface area contributed by atoms with Crippen molar-refractivity contribution in [2.75, 3.05) is 63.2 Å². The van der Waals surface area contributed by atoms with E-state index in [1.807, 2.05) is 55.4 Å². The molecule has 0 bridgehead atoms. The SMILES string of the molecule is CN(C)CCN(C=O)c1ccc(-c2cccc(-c3cc(C4CC4)nc(N4CCNCC4)c3)c2O)cc1Cl. The highest BCUT2D eigenvalue weighted by atomic mass is 35.5. The van der Waals surface area contributed by atoms with Crippen LogP contribution in [0.2, 0.25) is 5.02 Å². The molecule has 0 spiro atoms. The number of carbonyl (C=O) groups is 1. The average Bonchev–Trinajstić information content (AvgIpc) is 3.76. The minimum absolute atomic E-state index is 0.213. The minimum Gasteiger partial charge on any atom is -0.507 e. The molecule has 1 aromatic heterocycles. The zero-order chi connectivity index (χ0) is 25.9. The second-order valence-electron chi connectivity index (χ2n) is 10.1. The summed E-state index contributed by atoms with van der Waals surface area (Å²) in [7, 11) is 3.93. The lowest BCUT2D eigenvalue weighted by Crippen LogP contribution is -2.44. The molecule has 2 heterocycles. The lowest BCUT2D eigenvalue weighted by molar-refractivity contribution is -0.107. The van der Waals surface area contributed by atoms with Gasteiger partial charge in [-0.3, -0.25) is 4.79 Å². The number of carbonyl (C=O) groups excluding carboxylic acids is 1. The van der Waals surface area contributed by atoms with Crippen molar-refractivity contribution in [1.29, 1.82) is 0 Å². The second-order valence-corrected chi connectivity index (χ2v) is 10.5. The highest BCUT2D eigenvalue weighted by Crippen LogP contribution is 2.44. The van der Waals surface area contributed by atoms with Gasteiger partial charge in [0.05, 0.1) is 10.7 Å². The quantitative estimate of drug-likeness (QED) is 0.403. The molecule has 2 aliphatic rings. The van der Waals surface area contributed by atoms with Gasteiger partial charge in [0, 0.05) is 62.0 Å². The molecule has 0 radical (unpaired) electrons. The van der Waals surface area contributed by atoms with Crippen LogP contribution in [0.1, 0.15) is 24.5 Å². The van der Waals surface area contributed by atoms with Crippen molar-refractivity contribution in [2.24, 2.45) is 0 Å². The molecular weight excluding hydrogens is 486 g/mol. The van der Waals surface area contributed by atoms with Crippen molar-refractivity contribution < 1.29 is 9.90 Å². The molecule has 0 atom stereocenters. The number of phenols is 1. The molecule has 1 saturated carbocycles. The van der Waals surface area contributed by atoms with Gasteiger partial charge in [-0.25, -0.2) is 4.98 Å². The molecule has 2 fully saturated rings. The summed E-state index contributed by atoms with van der Waals surface area (Å²) < 4.78 is 0. The first-order chi connectivity index (χ1) is 17.9. The summed E-state index contributed by atoms with van der Waals surface area (Å²) >= 11 is 6.63. The molecular formula is C29H34ClN5O2. The van der Waals surface area contributed by atoms with Crippen LogP contribution in [0.25, 0.3) is 22.3 Å². The number of amides is 1. The molecule has 3 aromatic rings. The number of aromatic hydroxyl groups is 1. The van der Waals surface area contributed by atoms with Crippen LogP contribution in [0.3, 0.4) is 0 Å². The van der Waals surface area contributed by atoms with E-state index in [4.69, 9.17) is 16.6 Å². The number of anilines is 2. The second kappa shape index (κ2) is 11.1. The van der Waals surface area contributed by atoms with E-state index in [-0.39, 0.29) is 5.75 Å². The summed E-state index contributed by atoms with van der Waals surface area (Å²) in [4.78, 5) is 22.6. The van der Waals surface area contributed by atoms with Gasteiger partial charge in [0.1, 0.15) is 11.6 Å². The molecule has 2 aromatic carbocycles. The number of hydrogen-bond donors (Lipinski definition) is 2. The van der Waals surface area contributed by atoms with Crippen LogP contribution in [0, 0.1) is 0 Å². The topological polar surface area (TPSA) is 71.9 Å². The molecule has 1 aliphatic carbocycles. The first-order valence-electron chi connectivity index (χ1n) is 12.9. The molecule has 37 heavy (non-hydrogen) atoms. The summed E-state index contributed by atoms with van der Waals surface area (Å²) in [6, 6.07) is 15.6. The van der Waals surface area contributed by atoms with Crippen LogP contribution in [0.4, 0.5) is 11.5 Å². The fraction of sp³-hybridized carbons (Fsp3) is 0.379. The number of nitrogens with zero attached hydrogens (tertiary/aromatic N) is 4. The van der Waals surface area contributed by atoms with Gasteiger partial charge in [0.2, 0.25) is 6.41 Å². The number of hydrogen-bond acceptors (Lipinski definition) is 6. The maximum Gasteiger partial charge on any atom is 0.214 e. The van der Waals surface area contributed by atoms with Gasteiger partial charge in [-0.2, -0.15) is 0 Å². The van der Waals surface area contributed by atoms with Gasteiger partial charge in [0.15, 0.2) is 0 Å². The zero-order valence-electron chi connectivity index (χ0n) is 21.5. The molecule has 5 rings (SSSR count). The average molecular weight is 520 g/mol. The van der Waals surface area contributed by atoms with Gasteiger partial charge in [-0.1, -0.05) is 35.9 Å². The number of phenolic OH excluding ortho intramolecular Hbond substituents is 1. The summed E-state index contributed by atoms with van der Waals surface area (Å²) in [5.74, 6) is 1.70. The molecule has 2 N–H and O–H groups in total. The number of aromatic nitrogens is 1. The Bertz CT molecular complexity index is 1270. The van der Waals surface area contributed by atoms with Crippen molar-refractivity contribution in [1.82, 2.24) is 15.2 Å². The van der Waals surface area contributed by atoms with E-state index in [0.717, 1.165) is 67.3 Å². The van der Waals surface area contributed by atoms with Crippen LogP contribution in [0.15, 0.2) is 48.5 Å². The summed E-state index contributed by atoms with van der Waals surface area (Å²) in [5, 5.41) is 15.3. The number of likely N-dealkylation sites (N-methyl/N-ethyl adjacent to an activating group) is 1. The van der Waals surface area contributed by atoms with Crippen LogP contribution >= 0.6 is 11.6 Å². The van der Waals surface area contributed by atoms with E-state index in [0.29, 0.717) is 28.7 Å².